The van der Waals surface area contributed by atoms with Gasteiger partial charge in [0.2, 0.25) is 12.3 Å². The van der Waals surface area contributed by atoms with E-state index in [0.717, 1.165) is 27.9 Å². The van der Waals surface area contributed by atoms with Gasteiger partial charge in [0, 0.05) is 12.6 Å². The first-order chi connectivity index (χ1) is 14.4. The molecule has 2 aliphatic rings. The summed E-state index contributed by atoms with van der Waals surface area (Å²) in [5.74, 6) is 0.950. The number of allylic oxidation sites excluding steroid dienone is 3. The van der Waals surface area contributed by atoms with Crippen LogP contribution < -0.4 is 10.1 Å². The molecule has 0 saturated heterocycles. The molecule has 1 aliphatic carbocycles. The second-order valence-electron chi connectivity index (χ2n) is 7.53. The summed E-state index contributed by atoms with van der Waals surface area (Å²) in [4.78, 5) is 26.3. The Balaban J connectivity index is 1.85. The molecule has 0 radical (unpaired) electrons. The van der Waals surface area contributed by atoms with E-state index in [2.05, 4.69) is 35.1 Å². The van der Waals surface area contributed by atoms with E-state index in [1.807, 2.05) is 48.6 Å². The quantitative estimate of drug-likeness (QED) is 0.460. The maximum absolute atomic E-state index is 13.3. The van der Waals surface area contributed by atoms with Crippen molar-refractivity contribution < 1.29 is 18.9 Å². The highest BCUT2D eigenvalue weighted by atomic mass is 79.9. The van der Waals surface area contributed by atoms with Gasteiger partial charge in [0.15, 0.2) is 0 Å². The number of amides is 2. The van der Waals surface area contributed by atoms with E-state index in [0.29, 0.717) is 17.4 Å². The average Bonchev–Trinajstić information content (AvgIpc) is 2.71. The number of hydrogen-bond acceptors (Lipinski definition) is 4. The second-order valence-corrected chi connectivity index (χ2v) is 9.57. The molecule has 30 heavy (non-hydrogen) atoms. The van der Waals surface area contributed by atoms with Crippen molar-refractivity contribution in [3.8, 4) is 5.75 Å². The van der Waals surface area contributed by atoms with Gasteiger partial charge in [0.25, 0.3) is 5.91 Å². The van der Waals surface area contributed by atoms with Crippen molar-refractivity contribution in [2.45, 2.75) is 25.5 Å². The van der Waals surface area contributed by atoms with E-state index >= 15 is 0 Å². The molecule has 5 nitrogen and oxygen atoms in total. The third-order valence-corrected chi connectivity index (χ3v) is 6.61. The molecular formula is C23H26BrN2O3S+. The molecule has 1 aromatic rings. The Morgan fingerprint density at radius 1 is 1.37 bits per heavy atom. The van der Waals surface area contributed by atoms with E-state index in [1.165, 1.54) is 11.8 Å². The van der Waals surface area contributed by atoms with Gasteiger partial charge in [0.1, 0.15) is 15.9 Å². The Kier molecular flexibility index (Phi) is 7.72. The van der Waals surface area contributed by atoms with Gasteiger partial charge in [-0.3, -0.25) is 4.79 Å². The Bertz CT molecular complexity index is 963. The van der Waals surface area contributed by atoms with Crippen LogP contribution in [0.25, 0.3) is 6.08 Å². The van der Waals surface area contributed by atoms with Crippen molar-refractivity contribution in [3.63, 3.8) is 0 Å². The first kappa shape index (κ1) is 22.6. The molecule has 0 spiro atoms. The van der Waals surface area contributed by atoms with E-state index in [4.69, 9.17) is 4.74 Å². The molecule has 0 aromatic heterocycles. The topological polar surface area (TPSA) is 58.4 Å². The van der Waals surface area contributed by atoms with Crippen molar-refractivity contribution in [1.29, 1.82) is 0 Å². The van der Waals surface area contributed by atoms with Crippen molar-refractivity contribution in [3.05, 3.63) is 57.4 Å². The summed E-state index contributed by atoms with van der Waals surface area (Å²) in [5.41, 5.74) is 1.73. The van der Waals surface area contributed by atoms with Crippen LogP contribution in [0, 0.1) is 5.92 Å². The summed E-state index contributed by atoms with van der Waals surface area (Å²) in [6, 6.07) is 5.68. The largest absolute Gasteiger partial charge is 0.496 e. The normalized spacial score (nSPS) is 19.4. The van der Waals surface area contributed by atoms with Gasteiger partial charge in [0.05, 0.1) is 11.6 Å². The minimum atomic E-state index is -0.155. The van der Waals surface area contributed by atoms with E-state index in [1.54, 1.807) is 11.7 Å². The molecule has 1 atom stereocenters. The fourth-order valence-corrected chi connectivity index (χ4v) is 4.92. The van der Waals surface area contributed by atoms with Gasteiger partial charge < -0.3 is 10.1 Å². The lowest BCUT2D eigenvalue weighted by atomic mass is 10.1. The number of carbonyl (C=O) groups excluding carboxylic acids is 2. The fraction of sp³-hybridized carbons (Fsp3) is 0.348. The number of rotatable bonds is 7. The van der Waals surface area contributed by atoms with Crippen LogP contribution in [0.5, 0.6) is 5.75 Å². The van der Waals surface area contributed by atoms with Crippen LogP contribution in [0.4, 0.5) is 0 Å². The van der Waals surface area contributed by atoms with Crippen molar-refractivity contribution in [2.24, 2.45) is 5.92 Å². The summed E-state index contributed by atoms with van der Waals surface area (Å²) in [5, 5.41) is 2.93. The molecule has 1 aromatic carbocycles. The standard InChI is InChI=1S/C23H25BrN2O3S/c1-15(2)10-11-25-22(27)14-26-18-6-4-5-7-20(18)30-21(23(26)28)13-16-8-9-19(29-3)17(24)12-16/h4-9,12-13,15,20H,10-11,14H2,1-3H3/p+1/b21-13+. The predicted octanol–water partition coefficient (Wildman–Crippen LogP) is 4.18. The molecule has 0 saturated carbocycles. The smallest absolute Gasteiger partial charge is 0.426 e. The molecule has 7 heteroatoms. The molecule has 3 rings (SSSR count). The monoisotopic (exact) mass is 489 g/mol. The van der Waals surface area contributed by atoms with Crippen LogP contribution in [0.15, 0.2) is 51.9 Å². The number of carbonyl (C=O) groups is 2. The van der Waals surface area contributed by atoms with E-state index in [9.17, 15) is 9.59 Å². The van der Waals surface area contributed by atoms with Gasteiger partial charge >= 0.3 is 5.91 Å². The zero-order chi connectivity index (χ0) is 21.7. The maximum atomic E-state index is 13.3. The van der Waals surface area contributed by atoms with Gasteiger partial charge in [-0.05, 0) is 52.0 Å². The lowest BCUT2D eigenvalue weighted by Crippen LogP contribution is -2.43. The Labute approximate surface area is 190 Å². The molecule has 0 fully saturated rings. The van der Waals surface area contributed by atoms with Crippen LogP contribution in [0.1, 0.15) is 25.8 Å². The number of thioether (sulfide) groups is 1. The Morgan fingerprint density at radius 2 is 2.17 bits per heavy atom. The van der Waals surface area contributed by atoms with Gasteiger partial charge in [-0.25, -0.2) is 4.79 Å². The van der Waals surface area contributed by atoms with Crippen molar-refractivity contribution in [2.75, 3.05) is 20.2 Å². The van der Waals surface area contributed by atoms with Crippen molar-refractivity contribution >= 4 is 51.3 Å². The summed E-state index contributed by atoms with van der Waals surface area (Å²) >= 11 is 4.99. The average molecular weight is 490 g/mol. The second kappa shape index (κ2) is 10.3. The number of nitrogens with one attached hydrogen (secondary N) is 1. The Morgan fingerprint density at radius 3 is 2.87 bits per heavy atom. The number of benzene rings is 1. The maximum Gasteiger partial charge on any atom is 0.426 e. The third-order valence-electron chi connectivity index (χ3n) is 4.80. The fourth-order valence-electron chi connectivity index (χ4n) is 3.18. The lowest BCUT2D eigenvalue weighted by molar-refractivity contribution is -0.434. The summed E-state index contributed by atoms with van der Waals surface area (Å²) in [6.45, 7) is 4.87. The molecule has 1 heterocycles. The summed E-state index contributed by atoms with van der Waals surface area (Å²) < 4.78 is 7.69. The highest BCUT2D eigenvalue weighted by Gasteiger charge is 2.39. The van der Waals surface area contributed by atoms with Crippen molar-refractivity contribution in [1.82, 2.24) is 5.32 Å². The zero-order valence-corrected chi connectivity index (χ0v) is 19.8. The van der Waals surface area contributed by atoms with Gasteiger partial charge in [-0.1, -0.05) is 49.9 Å². The first-order valence-corrected chi connectivity index (χ1v) is 11.6. The van der Waals surface area contributed by atoms with Crippen LogP contribution in [0.2, 0.25) is 0 Å². The zero-order valence-electron chi connectivity index (χ0n) is 17.4. The molecule has 1 N–H and O–H groups in total. The number of methoxy groups -OCH3 is 1. The Hall–Kier alpha value is -2.12. The minimum Gasteiger partial charge on any atom is -0.496 e. The highest BCUT2D eigenvalue weighted by Crippen LogP contribution is 2.34. The van der Waals surface area contributed by atoms with Gasteiger partial charge in [-0.2, -0.15) is 0 Å². The van der Waals surface area contributed by atoms with Crippen LogP contribution in [-0.4, -0.2) is 47.6 Å². The van der Waals surface area contributed by atoms with E-state index in [-0.39, 0.29) is 23.6 Å². The van der Waals surface area contributed by atoms with Crippen LogP contribution in [0.3, 0.4) is 0 Å². The predicted molar refractivity (Wildman–Crippen MR) is 126 cm³/mol. The highest BCUT2D eigenvalue weighted by molar-refractivity contribution is 9.10. The number of nitrogens with zero attached hydrogens (tertiary/aromatic N) is 1. The molecule has 0 bridgehead atoms. The SMILES string of the molecule is COc1ccc(/C=C2/SC3C=CC=CC3=[N+](CC(=O)NCCC(C)C)C2=O)cc1Br. The van der Waals surface area contributed by atoms with Crippen LogP contribution >= 0.6 is 27.7 Å². The number of fused-ring (bicyclic) bond motifs is 1. The molecule has 1 aliphatic heterocycles. The number of ether oxygens (including phenoxy) is 1. The minimum absolute atomic E-state index is 0.00380. The van der Waals surface area contributed by atoms with Crippen LogP contribution in [-0.2, 0) is 9.59 Å². The lowest BCUT2D eigenvalue weighted by Gasteiger charge is -2.21. The molecular weight excluding hydrogens is 464 g/mol. The number of hydrogen-bond donors (Lipinski definition) is 1. The molecule has 158 valence electrons. The first-order valence-electron chi connectivity index (χ1n) is 9.91. The molecule has 2 amide bonds. The number of halogens is 1. The summed E-state index contributed by atoms with van der Waals surface area (Å²) in [6.07, 6.45) is 10.6. The third kappa shape index (κ3) is 5.52. The van der Waals surface area contributed by atoms with E-state index < -0.39 is 0 Å². The molecule has 1 unspecified atom stereocenters. The van der Waals surface area contributed by atoms with Gasteiger partial charge in [-0.15, -0.1) is 4.58 Å². The summed E-state index contributed by atoms with van der Waals surface area (Å²) in [7, 11) is 1.61.